The maximum Gasteiger partial charge on any atom is 0.339 e. The van der Waals surface area contributed by atoms with Crippen LogP contribution < -0.4 is 4.18 Å². The summed E-state index contributed by atoms with van der Waals surface area (Å²) in [5.74, 6) is -2.93. The summed E-state index contributed by atoms with van der Waals surface area (Å²) in [6.07, 6.45) is 0. The number of aromatic carboxylic acids is 1. The first kappa shape index (κ1) is 15.0. The highest BCUT2D eigenvalue weighted by Gasteiger charge is 2.20. The Bertz CT molecular complexity index is 782. The zero-order chi connectivity index (χ0) is 15.6. The number of rotatable bonds is 4. The Hall–Kier alpha value is -2.41. The lowest BCUT2D eigenvalue weighted by atomic mass is 10.2. The summed E-state index contributed by atoms with van der Waals surface area (Å²) in [7, 11) is -4.23. The molecule has 0 radical (unpaired) electrons. The molecule has 110 valence electrons. The van der Waals surface area contributed by atoms with Crippen molar-refractivity contribution in [1.29, 1.82) is 0 Å². The van der Waals surface area contributed by atoms with Gasteiger partial charge in [-0.2, -0.15) is 8.42 Å². The van der Waals surface area contributed by atoms with Crippen LogP contribution in [0.1, 0.15) is 15.9 Å². The summed E-state index contributed by atoms with van der Waals surface area (Å²) in [6, 6.07) is 8.46. The number of benzene rings is 2. The first-order valence-corrected chi connectivity index (χ1v) is 7.24. The van der Waals surface area contributed by atoms with Gasteiger partial charge in [0.1, 0.15) is 4.90 Å². The SMILES string of the molecule is Cc1ccc(S(=O)(=O)Oc2cc(C(=O)O)ccc2F)cc1. The van der Waals surface area contributed by atoms with E-state index in [2.05, 4.69) is 4.18 Å². The summed E-state index contributed by atoms with van der Waals surface area (Å²) < 4.78 is 42.3. The lowest BCUT2D eigenvalue weighted by molar-refractivity contribution is 0.0696. The van der Waals surface area contributed by atoms with E-state index in [1.54, 1.807) is 19.1 Å². The largest absolute Gasteiger partial charge is 0.478 e. The molecule has 0 atom stereocenters. The molecule has 1 N–H and O–H groups in total. The topological polar surface area (TPSA) is 80.7 Å². The van der Waals surface area contributed by atoms with E-state index in [0.717, 1.165) is 23.8 Å². The molecule has 5 nitrogen and oxygen atoms in total. The van der Waals surface area contributed by atoms with Gasteiger partial charge in [-0.1, -0.05) is 17.7 Å². The van der Waals surface area contributed by atoms with Crippen molar-refractivity contribution in [2.24, 2.45) is 0 Å². The van der Waals surface area contributed by atoms with Crippen molar-refractivity contribution < 1.29 is 26.9 Å². The Morgan fingerprint density at radius 1 is 1.14 bits per heavy atom. The Labute approximate surface area is 120 Å². The summed E-state index contributed by atoms with van der Waals surface area (Å²) in [4.78, 5) is 10.7. The smallest absolute Gasteiger partial charge is 0.339 e. The minimum atomic E-state index is -4.23. The van der Waals surface area contributed by atoms with E-state index in [-0.39, 0.29) is 10.5 Å². The first-order valence-electron chi connectivity index (χ1n) is 5.83. The van der Waals surface area contributed by atoms with E-state index in [1.165, 1.54) is 12.1 Å². The molecule has 0 spiro atoms. The zero-order valence-electron chi connectivity index (χ0n) is 10.9. The van der Waals surface area contributed by atoms with Crippen LogP contribution >= 0.6 is 0 Å². The Balaban J connectivity index is 2.38. The van der Waals surface area contributed by atoms with Gasteiger partial charge in [0.15, 0.2) is 11.6 Å². The Kier molecular flexibility index (Phi) is 3.95. The van der Waals surface area contributed by atoms with E-state index in [9.17, 15) is 17.6 Å². The second kappa shape index (κ2) is 5.53. The molecular formula is C14H11FO5S. The van der Waals surface area contributed by atoms with Crippen LogP contribution in [0.15, 0.2) is 47.4 Å². The number of carboxylic acids is 1. The molecular weight excluding hydrogens is 299 g/mol. The number of hydrogen-bond acceptors (Lipinski definition) is 4. The molecule has 2 rings (SSSR count). The normalized spacial score (nSPS) is 11.1. The van der Waals surface area contributed by atoms with Crippen molar-refractivity contribution in [2.45, 2.75) is 11.8 Å². The summed E-state index contributed by atoms with van der Waals surface area (Å²) >= 11 is 0. The predicted octanol–water partition coefficient (Wildman–Crippen LogP) is 2.60. The third-order valence-electron chi connectivity index (χ3n) is 2.69. The second-order valence-corrected chi connectivity index (χ2v) is 5.85. The fraction of sp³-hybridized carbons (Fsp3) is 0.0714. The van der Waals surface area contributed by atoms with Gasteiger partial charge in [0.2, 0.25) is 0 Å². The molecule has 0 saturated carbocycles. The third-order valence-corrected chi connectivity index (χ3v) is 3.94. The lowest BCUT2D eigenvalue weighted by Crippen LogP contribution is -2.11. The summed E-state index contributed by atoms with van der Waals surface area (Å²) in [5, 5.41) is 8.82. The highest BCUT2D eigenvalue weighted by atomic mass is 32.2. The molecule has 0 aromatic heterocycles. The molecule has 7 heteroatoms. The molecule has 21 heavy (non-hydrogen) atoms. The van der Waals surface area contributed by atoms with Crippen molar-refractivity contribution in [3.8, 4) is 5.75 Å². The van der Waals surface area contributed by atoms with Crippen LogP contribution in [0, 0.1) is 12.7 Å². The highest BCUT2D eigenvalue weighted by molar-refractivity contribution is 7.87. The lowest BCUT2D eigenvalue weighted by Gasteiger charge is -2.08. The molecule has 0 aliphatic carbocycles. The number of halogens is 1. The van der Waals surface area contributed by atoms with Crippen molar-refractivity contribution in [2.75, 3.05) is 0 Å². The molecule has 2 aromatic rings. The first-order chi connectivity index (χ1) is 9.79. The average Bonchev–Trinajstić information content (AvgIpc) is 2.41. The number of hydrogen-bond donors (Lipinski definition) is 1. The van der Waals surface area contributed by atoms with Gasteiger partial charge < -0.3 is 9.29 Å². The standard InChI is InChI=1S/C14H11FO5S/c1-9-2-5-11(6-3-9)21(18,19)20-13-8-10(14(16)17)4-7-12(13)15/h2-8H,1H3,(H,16,17). The Morgan fingerprint density at radius 3 is 2.33 bits per heavy atom. The molecule has 0 saturated heterocycles. The molecule has 0 bridgehead atoms. The minimum Gasteiger partial charge on any atom is -0.478 e. The van der Waals surface area contributed by atoms with Crippen molar-refractivity contribution in [3.05, 3.63) is 59.4 Å². The zero-order valence-corrected chi connectivity index (χ0v) is 11.7. The van der Waals surface area contributed by atoms with Crippen LogP contribution in [0.4, 0.5) is 4.39 Å². The van der Waals surface area contributed by atoms with Crippen LogP contribution in [-0.4, -0.2) is 19.5 Å². The Morgan fingerprint density at radius 2 is 1.76 bits per heavy atom. The molecule has 0 aliphatic rings. The highest BCUT2D eigenvalue weighted by Crippen LogP contribution is 2.23. The van der Waals surface area contributed by atoms with Crippen LogP contribution in [0.3, 0.4) is 0 Å². The molecule has 0 amide bonds. The fourth-order valence-corrected chi connectivity index (χ4v) is 2.50. The van der Waals surface area contributed by atoms with E-state index in [4.69, 9.17) is 5.11 Å². The minimum absolute atomic E-state index is 0.145. The van der Waals surface area contributed by atoms with Gasteiger partial charge >= 0.3 is 16.1 Å². The summed E-state index contributed by atoms with van der Waals surface area (Å²) in [6.45, 7) is 1.78. The maximum atomic E-state index is 13.6. The van der Waals surface area contributed by atoms with Crippen molar-refractivity contribution in [1.82, 2.24) is 0 Å². The van der Waals surface area contributed by atoms with Crippen molar-refractivity contribution >= 4 is 16.1 Å². The molecule has 0 heterocycles. The van der Waals surface area contributed by atoms with Gasteiger partial charge in [0.05, 0.1) is 5.56 Å². The van der Waals surface area contributed by atoms with Crippen LogP contribution in [0.2, 0.25) is 0 Å². The van der Waals surface area contributed by atoms with E-state index in [1.807, 2.05) is 0 Å². The maximum absolute atomic E-state index is 13.6. The van der Waals surface area contributed by atoms with Gasteiger partial charge in [-0.15, -0.1) is 0 Å². The number of carbonyl (C=O) groups is 1. The van der Waals surface area contributed by atoms with E-state index in [0.29, 0.717) is 0 Å². The molecule has 0 aliphatic heterocycles. The number of aryl methyl sites for hydroxylation is 1. The third kappa shape index (κ3) is 3.38. The van der Waals surface area contributed by atoms with Gasteiger partial charge in [-0.3, -0.25) is 0 Å². The van der Waals surface area contributed by atoms with Crippen LogP contribution in [-0.2, 0) is 10.1 Å². The average molecular weight is 310 g/mol. The quantitative estimate of drug-likeness (QED) is 0.878. The summed E-state index contributed by atoms with van der Waals surface area (Å²) in [5.41, 5.74) is 0.582. The molecule has 0 unspecified atom stereocenters. The monoisotopic (exact) mass is 310 g/mol. The van der Waals surface area contributed by atoms with Gasteiger partial charge in [-0.05, 0) is 37.3 Å². The van der Waals surface area contributed by atoms with Gasteiger partial charge in [-0.25, -0.2) is 9.18 Å². The number of carboxylic acid groups (broad SMARTS) is 1. The van der Waals surface area contributed by atoms with E-state index < -0.39 is 27.7 Å². The molecule has 0 fully saturated rings. The second-order valence-electron chi connectivity index (χ2n) is 4.30. The van der Waals surface area contributed by atoms with Crippen LogP contribution in [0.5, 0.6) is 5.75 Å². The van der Waals surface area contributed by atoms with Gasteiger partial charge in [0, 0.05) is 0 Å². The predicted molar refractivity (Wildman–Crippen MR) is 72.4 cm³/mol. The van der Waals surface area contributed by atoms with Crippen molar-refractivity contribution in [3.63, 3.8) is 0 Å². The molecule has 2 aromatic carbocycles. The fourth-order valence-electron chi connectivity index (χ4n) is 1.57. The van der Waals surface area contributed by atoms with Gasteiger partial charge in [0.25, 0.3) is 0 Å². The van der Waals surface area contributed by atoms with E-state index >= 15 is 0 Å². The van der Waals surface area contributed by atoms with Crippen LogP contribution in [0.25, 0.3) is 0 Å².